The Morgan fingerprint density at radius 1 is 0.655 bits per heavy atom. The van der Waals surface area contributed by atoms with Gasteiger partial charge in [-0.1, -0.05) is 67.6 Å². The van der Waals surface area contributed by atoms with Gasteiger partial charge in [-0.3, -0.25) is 4.79 Å². The second kappa shape index (κ2) is 19.6. The lowest BCUT2D eigenvalue weighted by Crippen LogP contribution is -2.23. The van der Waals surface area contributed by atoms with E-state index in [1.807, 2.05) is 105 Å². The van der Waals surface area contributed by atoms with Crippen molar-refractivity contribution in [3.63, 3.8) is 0 Å². The number of aryl methyl sites for hydroxylation is 2. The van der Waals surface area contributed by atoms with E-state index in [2.05, 4.69) is 45.7 Å². The average molecular weight is 783 g/mol. The number of rotatable bonds is 15. The predicted molar refractivity (Wildman–Crippen MR) is 225 cm³/mol. The van der Waals surface area contributed by atoms with Crippen molar-refractivity contribution in [2.24, 2.45) is 23.7 Å². The highest BCUT2D eigenvalue weighted by Gasteiger charge is 2.32. The van der Waals surface area contributed by atoms with E-state index >= 15 is 0 Å². The third kappa shape index (κ3) is 10.8. The number of benzene rings is 4. The number of oxazole rings is 2. The van der Waals surface area contributed by atoms with Gasteiger partial charge in [0.05, 0.1) is 30.5 Å². The summed E-state index contributed by atoms with van der Waals surface area (Å²) in [7, 11) is 0. The number of aromatic nitrogens is 2. The molecule has 2 aliphatic rings. The fourth-order valence-electron chi connectivity index (χ4n) is 7.76. The summed E-state index contributed by atoms with van der Waals surface area (Å²) in [5.41, 5.74) is 6.26. The molecule has 6 aromatic rings. The van der Waals surface area contributed by atoms with Crippen LogP contribution in [-0.4, -0.2) is 60.4 Å². The fraction of sp³-hybridized carbons (Fsp3) is 0.354. The Morgan fingerprint density at radius 3 is 1.62 bits per heavy atom. The zero-order valence-electron chi connectivity index (χ0n) is 33.7. The lowest BCUT2D eigenvalue weighted by Gasteiger charge is -2.15. The lowest BCUT2D eigenvalue weighted by atomic mass is 9.90. The van der Waals surface area contributed by atoms with Gasteiger partial charge < -0.3 is 34.0 Å². The molecular weight excluding hydrogens is 729 g/mol. The van der Waals surface area contributed by atoms with Gasteiger partial charge >= 0.3 is 5.97 Å². The van der Waals surface area contributed by atoms with E-state index in [0.717, 1.165) is 95.9 Å². The maximum absolute atomic E-state index is 11.4. The second-order valence-corrected chi connectivity index (χ2v) is 15.4. The number of nitrogens with zero attached hydrogens (tertiary/aromatic N) is 2. The van der Waals surface area contributed by atoms with E-state index in [-0.39, 0.29) is 11.8 Å². The molecule has 4 aromatic carbocycles. The minimum atomic E-state index is -0.727. The Hall–Kier alpha value is -5.71. The molecule has 0 aliphatic carbocycles. The topological polar surface area (TPSA) is 132 Å². The number of aliphatic carboxylic acids is 1. The minimum absolute atomic E-state index is 0.104. The van der Waals surface area contributed by atoms with Gasteiger partial charge in [0.25, 0.3) is 0 Å². The molecule has 2 saturated heterocycles. The maximum Gasteiger partial charge on any atom is 0.308 e. The van der Waals surface area contributed by atoms with Gasteiger partial charge in [0.2, 0.25) is 11.8 Å². The molecule has 302 valence electrons. The number of ether oxygens (including phenoxy) is 2. The third-order valence-electron chi connectivity index (χ3n) is 11.2. The monoisotopic (exact) mass is 782 g/mol. The molecule has 10 heteroatoms. The highest BCUT2D eigenvalue weighted by molar-refractivity contribution is 5.71. The normalized spacial score (nSPS) is 18.7. The fourth-order valence-corrected chi connectivity index (χ4v) is 7.76. The van der Waals surface area contributed by atoms with Gasteiger partial charge in [-0.25, -0.2) is 9.97 Å². The molecule has 0 bridgehead atoms. The Kier molecular flexibility index (Phi) is 13.7. The molecule has 8 rings (SSSR count). The summed E-state index contributed by atoms with van der Waals surface area (Å²) >= 11 is 0. The van der Waals surface area contributed by atoms with Crippen LogP contribution < -0.4 is 20.1 Å². The molecule has 0 unspecified atom stereocenters. The van der Waals surface area contributed by atoms with Crippen LogP contribution in [0.5, 0.6) is 11.5 Å². The Balaban J connectivity index is 0.000000177. The molecule has 2 fully saturated rings. The molecule has 58 heavy (non-hydrogen) atoms. The average Bonchev–Trinajstić information content (AvgIpc) is 4.04. The summed E-state index contributed by atoms with van der Waals surface area (Å²) in [6, 6.07) is 36.3. The molecule has 4 heterocycles. The molecule has 0 amide bonds. The molecular formula is C48H54N4O6. The van der Waals surface area contributed by atoms with Gasteiger partial charge in [0.15, 0.2) is 0 Å². The molecule has 3 N–H and O–H groups in total. The van der Waals surface area contributed by atoms with Crippen LogP contribution in [-0.2, 0) is 30.5 Å². The summed E-state index contributed by atoms with van der Waals surface area (Å²) in [5.74, 6) is 5.18. The number of carboxylic acid groups (broad SMARTS) is 1. The van der Waals surface area contributed by atoms with Crippen molar-refractivity contribution in [1.29, 1.82) is 0 Å². The highest BCUT2D eigenvalue weighted by Crippen LogP contribution is 2.27. The first-order valence-corrected chi connectivity index (χ1v) is 20.4. The number of carbonyl (C=O) groups is 1. The summed E-state index contributed by atoms with van der Waals surface area (Å²) < 4.78 is 23.6. The van der Waals surface area contributed by atoms with Crippen molar-refractivity contribution in [1.82, 2.24) is 20.6 Å². The number of hydrogen-bond donors (Lipinski definition) is 3. The smallest absolute Gasteiger partial charge is 0.308 e. The first kappa shape index (κ1) is 40.5. The summed E-state index contributed by atoms with van der Waals surface area (Å²) in [6.07, 6.45) is 3.22. The van der Waals surface area contributed by atoms with Gasteiger partial charge in [-0.2, -0.15) is 0 Å². The zero-order valence-corrected chi connectivity index (χ0v) is 33.7. The van der Waals surface area contributed by atoms with Gasteiger partial charge in [-0.15, -0.1) is 0 Å². The van der Waals surface area contributed by atoms with E-state index in [1.165, 1.54) is 5.56 Å². The van der Waals surface area contributed by atoms with E-state index in [1.54, 1.807) is 0 Å². The zero-order chi connectivity index (χ0) is 40.3. The molecule has 2 aromatic heterocycles. The molecule has 2 aliphatic heterocycles. The van der Waals surface area contributed by atoms with Crippen LogP contribution in [0.15, 0.2) is 118 Å². The van der Waals surface area contributed by atoms with E-state index in [4.69, 9.17) is 18.3 Å². The molecule has 10 nitrogen and oxygen atoms in total. The number of nitrogens with one attached hydrogen (secondary N) is 2. The quantitative estimate of drug-likeness (QED) is 0.0934. The predicted octanol–water partition coefficient (Wildman–Crippen LogP) is 8.40. The number of hydrogen-bond acceptors (Lipinski definition) is 9. The summed E-state index contributed by atoms with van der Waals surface area (Å²) in [5, 5.41) is 16.0. The van der Waals surface area contributed by atoms with Crippen LogP contribution in [0, 0.1) is 37.5 Å². The van der Waals surface area contributed by atoms with Crippen LogP contribution in [0.4, 0.5) is 0 Å². The molecule has 0 saturated carbocycles. The van der Waals surface area contributed by atoms with Crippen LogP contribution in [0.1, 0.15) is 41.0 Å². The Bertz CT molecular complexity index is 2220. The largest absolute Gasteiger partial charge is 0.493 e. The number of carboxylic acids is 1. The Labute approximate surface area is 341 Å². The van der Waals surface area contributed by atoms with Crippen LogP contribution in [0.25, 0.3) is 22.9 Å². The van der Waals surface area contributed by atoms with Crippen molar-refractivity contribution in [3.05, 3.63) is 143 Å². The summed E-state index contributed by atoms with van der Waals surface area (Å²) in [6.45, 7) is 10.8. The van der Waals surface area contributed by atoms with E-state index < -0.39 is 5.97 Å². The highest BCUT2D eigenvalue weighted by atomic mass is 16.5. The summed E-state index contributed by atoms with van der Waals surface area (Å²) in [4.78, 5) is 20.7. The van der Waals surface area contributed by atoms with Crippen molar-refractivity contribution >= 4 is 5.97 Å². The Morgan fingerprint density at radius 2 is 1.14 bits per heavy atom. The molecule has 0 radical (unpaired) electrons. The van der Waals surface area contributed by atoms with Gasteiger partial charge in [0.1, 0.15) is 23.0 Å². The van der Waals surface area contributed by atoms with Crippen LogP contribution >= 0.6 is 0 Å². The lowest BCUT2D eigenvalue weighted by molar-refractivity contribution is -0.142. The van der Waals surface area contributed by atoms with Gasteiger partial charge in [0, 0.05) is 30.5 Å². The first-order chi connectivity index (χ1) is 28.3. The van der Waals surface area contributed by atoms with Crippen molar-refractivity contribution in [2.75, 3.05) is 39.4 Å². The van der Waals surface area contributed by atoms with E-state index in [0.29, 0.717) is 43.9 Å². The van der Waals surface area contributed by atoms with Crippen molar-refractivity contribution in [3.8, 4) is 34.4 Å². The SMILES string of the molecule is Cc1oc(-c2ccccc2)nc1CCOc1cccc(C[C@@H]2CNC[C@@H]2C(=O)O)c1.Cc1oc(-c2ccccc2)nc1CCOc1cccc(C[C@@H]2CNC[C@@H]2C)c1. The second-order valence-electron chi connectivity index (χ2n) is 15.4. The van der Waals surface area contributed by atoms with Crippen LogP contribution in [0.3, 0.4) is 0 Å². The standard InChI is InChI=1S/C24H26N2O4.C24H28N2O2/c1-16-22(26-23(30-16)18-7-3-2-4-8-18)10-11-29-20-9-5-6-17(13-20)12-19-14-25-15-21(19)24(27)28;1-17-15-25-16-21(17)13-19-7-6-10-22(14-19)27-12-11-23-18(2)28-24(26-23)20-8-4-3-5-9-20/h2-9,13,19,21,25H,10-12,14-15H2,1H3,(H,27,28);3-10,14,17,21,25H,11-13,15-16H2,1-2H3/t19-,21+;17-,21+/m10/s1. The van der Waals surface area contributed by atoms with Crippen LogP contribution in [0.2, 0.25) is 0 Å². The molecule has 0 spiro atoms. The van der Waals surface area contributed by atoms with E-state index in [9.17, 15) is 9.90 Å². The van der Waals surface area contributed by atoms with Gasteiger partial charge in [-0.05, 0) is 124 Å². The van der Waals surface area contributed by atoms with Crippen molar-refractivity contribution < 1.29 is 28.2 Å². The first-order valence-electron chi connectivity index (χ1n) is 20.4. The maximum atomic E-state index is 11.4. The minimum Gasteiger partial charge on any atom is -0.493 e. The molecule has 4 atom stereocenters. The third-order valence-corrected chi connectivity index (χ3v) is 11.2. The van der Waals surface area contributed by atoms with Crippen molar-refractivity contribution in [2.45, 2.75) is 46.5 Å².